The van der Waals surface area contributed by atoms with Crippen molar-refractivity contribution in [1.82, 2.24) is 9.80 Å². The van der Waals surface area contributed by atoms with Crippen LogP contribution in [0, 0.1) is 6.92 Å². The maximum Gasteiger partial charge on any atom is 0.254 e. The van der Waals surface area contributed by atoms with Gasteiger partial charge in [-0.25, -0.2) is 0 Å². The van der Waals surface area contributed by atoms with Crippen LogP contribution in [-0.4, -0.2) is 73.3 Å². The van der Waals surface area contributed by atoms with Gasteiger partial charge in [-0.3, -0.25) is 9.69 Å². The molecular weight excluding hydrogens is 306 g/mol. The molecule has 24 heavy (non-hydrogen) atoms. The lowest BCUT2D eigenvalue weighted by atomic mass is 10.1. The Hall–Kier alpha value is -1.63. The van der Waals surface area contributed by atoms with E-state index in [1.165, 1.54) is 0 Å². The number of hydrogen-bond donors (Lipinski definition) is 2. The van der Waals surface area contributed by atoms with Crippen molar-refractivity contribution < 1.29 is 14.6 Å². The predicted octanol–water partition coefficient (Wildman–Crippen LogP) is 0.861. The van der Waals surface area contributed by atoms with Crippen LogP contribution in [0.5, 0.6) is 5.75 Å². The fraction of sp³-hybridized carbons (Fsp3) is 0.611. The van der Waals surface area contributed by atoms with Crippen molar-refractivity contribution in [1.29, 1.82) is 0 Å². The Morgan fingerprint density at radius 3 is 2.92 bits per heavy atom. The average molecular weight is 335 g/mol. The van der Waals surface area contributed by atoms with Gasteiger partial charge in [0.2, 0.25) is 0 Å². The van der Waals surface area contributed by atoms with Gasteiger partial charge in [0.15, 0.2) is 0 Å². The zero-order valence-corrected chi connectivity index (χ0v) is 14.7. The van der Waals surface area contributed by atoms with Gasteiger partial charge in [-0.1, -0.05) is 6.07 Å². The number of aliphatic hydroxyl groups excluding tert-OH is 1. The smallest absolute Gasteiger partial charge is 0.254 e. The molecule has 1 aromatic carbocycles. The fourth-order valence-electron chi connectivity index (χ4n) is 2.93. The lowest BCUT2D eigenvalue weighted by Gasteiger charge is -2.39. The van der Waals surface area contributed by atoms with Crippen molar-refractivity contribution in [2.45, 2.75) is 25.8 Å². The van der Waals surface area contributed by atoms with E-state index in [0.717, 1.165) is 24.3 Å². The summed E-state index contributed by atoms with van der Waals surface area (Å²) < 4.78 is 5.74. The zero-order chi connectivity index (χ0) is 17.5. The number of rotatable bonds is 7. The topological polar surface area (TPSA) is 79.0 Å². The summed E-state index contributed by atoms with van der Waals surface area (Å²) in [5, 5.41) is 9.19. The summed E-state index contributed by atoms with van der Waals surface area (Å²) >= 11 is 0. The van der Waals surface area contributed by atoms with Crippen LogP contribution in [0.15, 0.2) is 18.2 Å². The van der Waals surface area contributed by atoms with E-state index in [1.54, 1.807) is 0 Å². The van der Waals surface area contributed by atoms with Gasteiger partial charge in [0.1, 0.15) is 5.75 Å². The van der Waals surface area contributed by atoms with E-state index in [9.17, 15) is 9.90 Å². The highest BCUT2D eigenvalue weighted by Gasteiger charge is 2.27. The second kappa shape index (κ2) is 9.01. The third-order valence-electron chi connectivity index (χ3n) is 4.57. The number of carbonyl (C=O) groups is 1. The highest BCUT2D eigenvalue weighted by atomic mass is 16.5. The highest BCUT2D eigenvalue weighted by Crippen LogP contribution is 2.22. The predicted molar refractivity (Wildman–Crippen MR) is 94.4 cm³/mol. The summed E-state index contributed by atoms with van der Waals surface area (Å²) in [6.07, 6.45) is 1.47. The summed E-state index contributed by atoms with van der Waals surface area (Å²) in [7, 11) is 2.04. The molecule has 6 nitrogen and oxygen atoms in total. The van der Waals surface area contributed by atoms with Crippen LogP contribution in [0.25, 0.3) is 0 Å². The number of nitrogens with zero attached hydrogens (tertiary/aromatic N) is 2. The molecule has 0 radical (unpaired) electrons. The minimum absolute atomic E-state index is 0.0229. The van der Waals surface area contributed by atoms with Crippen LogP contribution in [0.4, 0.5) is 0 Å². The van der Waals surface area contributed by atoms with E-state index in [0.29, 0.717) is 38.2 Å². The van der Waals surface area contributed by atoms with Crippen molar-refractivity contribution in [2.24, 2.45) is 5.73 Å². The monoisotopic (exact) mass is 335 g/mol. The molecule has 1 fully saturated rings. The third-order valence-corrected chi connectivity index (χ3v) is 4.57. The number of piperazine rings is 1. The number of aryl methyl sites for hydroxylation is 1. The van der Waals surface area contributed by atoms with Crippen LogP contribution in [0.2, 0.25) is 0 Å². The molecule has 1 aromatic rings. The minimum Gasteiger partial charge on any atom is -0.493 e. The number of ether oxygens (including phenoxy) is 1. The molecule has 2 rings (SSSR count). The van der Waals surface area contributed by atoms with Crippen LogP contribution in [-0.2, 0) is 0 Å². The maximum absolute atomic E-state index is 12.8. The molecule has 1 saturated heterocycles. The van der Waals surface area contributed by atoms with E-state index in [4.69, 9.17) is 10.5 Å². The molecule has 134 valence electrons. The molecule has 0 bridgehead atoms. The van der Waals surface area contributed by atoms with Gasteiger partial charge in [-0.15, -0.1) is 0 Å². The fourth-order valence-corrected chi connectivity index (χ4v) is 2.93. The molecule has 0 aliphatic carbocycles. The van der Waals surface area contributed by atoms with Crippen LogP contribution >= 0.6 is 0 Å². The normalized spacial score (nSPS) is 18.7. The Morgan fingerprint density at radius 1 is 1.42 bits per heavy atom. The van der Waals surface area contributed by atoms with Crippen LogP contribution < -0.4 is 10.5 Å². The standard InChI is InChI=1S/C18H29N3O3/c1-14-4-5-15(12-17(14)24-11-3-7-19)18(23)21-9-8-20(2)16(13-21)6-10-22/h4-5,12,16,22H,3,6-11,13,19H2,1-2H3. The number of nitrogens with two attached hydrogens (primary N) is 1. The first kappa shape index (κ1) is 18.7. The third kappa shape index (κ3) is 4.69. The zero-order valence-electron chi connectivity index (χ0n) is 14.7. The van der Waals surface area contributed by atoms with Crippen molar-refractivity contribution in [2.75, 3.05) is 46.4 Å². The maximum atomic E-state index is 12.8. The summed E-state index contributed by atoms with van der Waals surface area (Å²) in [4.78, 5) is 16.9. The van der Waals surface area contributed by atoms with Gasteiger partial charge < -0.3 is 20.5 Å². The molecule has 1 aliphatic rings. The lowest BCUT2D eigenvalue weighted by molar-refractivity contribution is 0.0500. The molecule has 6 heteroatoms. The molecule has 0 spiro atoms. The second-order valence-corrected chi connectivity index (χ2v) is 6.37. The van der Waals surface area contributed by atoms with Gasteiger partial charge in [0, 0.05) is 37.8 Å². The number of aliphatic hydroxyl groups is 1. The van der Waals surface area contributed by atoms with E-state index < -0.39 is 0 Å². The molecule has 1 amide bonds. The Kier molecular flexibility index (Phi) is 7.02. The van der Waals surface area contributed by atoms with Crippen LogP contribution in [0.1, 0.15) is 28.8 Å². The molecular formula is C18H29N3O3. The highest BCUT2D eigenvalue weighted by molar-refractivity contribution is 5.94. The molecule has 0 aromatic heterocycles. The molecule has 1 aliphatic heterocycles. The molecule has 1 atom stereocenters. The van der Waals surface area contributed by atoms with E-state index in [-0.39, 0.29) is 18.6 Å². The lowest BCUT2D eigenvalue weighted by Crippen LogP contribution is -2.53. The number of benzene rings is 1. The van der Waals surface area contributed by atoms with Gasteiger partial charge >= 0.3 is 0 Å². The van der Waals surface area contributed by atoms with Crippen molar-refractivity contribution in [3.8, 4) is 5.75 Å². The van der Waals surface area contributed by atoms with E-state index in [1.807, 2.05) is 37.1 Å². The second-order valence-electron chi connectivity index (χ2n) is 6.37. The summed E-state index contributed by atoms with van der Waals surface area (Å²) in [5.41, 5.74) is 7.16. The van der Waals surface area contributed by atoms with Crippen LogP contribution in [0.3, 0.4) is 0 Å². The summed E-state index contributed by atoms with van der Waals surface area (Å²) in [6, 6.07) is 5.81. The number of amides is 1. The first-order valence-corrected chi connectivity index (χ1v) is 8.60. The number of hydrogen-bond acceptors (Lipinski definition) is 5. The van der Waals surface area contributed by atoms with Gasteiger partial charge in [-0.2, -0.15) is 0 Å². The Bertz CT molecular complexity index is 550. The first-order valence-electron chi connectivity index (χ1n) is 8.60. The Labute approximate surface area is 144 Å². The average Bonchev–Trinajstić information content (AvgIpc) is 2.58. The Balaban J connectivity index is 2.07. The van der Waals surface area contributed by atoms with E-state index in [2.05, 4.69) is 4.90 Å². The first-order chi connectivity index (χ1) is 11.6. The minimum atomic E-state index is 0.0229. The quantitative estimate of drug-likeness (QED) is 0.723. The Morgan fingerprint density at radius 2 is 2.21 bits per heavy atom. The molecule has 1 heterocycles. The SMILES string of the molecule is Cc1ccc(C(=O)N2CCN(C)C(CCO)C2)cc1OCCCN. The summed E-state index contributed by atoms with van der Waals surface area (Å²) in [6.45, 7) is 5.43. The van der Waals surface area contributed by atoms with Crippen molar-refractivity contribution >= 4 is 5.91 Å². The van der Waals surface area contributed by atoms with E-state index >= 15 is 0 Å². The summed E-state index contributed by atoms with van der Waals surface area (Å²) in [5.74, 6) is 0.769. The number of carbonyl (C=O) groups excluding carboxylic acids is 1. The molecule has 3 N–H and O–H groups in total. The van der Waals surface area contributed by atoms with Gasteiger partial charge in [0.25, 0.3) is 5.91 Å². The van der Waals surface area contributed by atoms with Crippen molar-refractivity contribution in [3.05, 3.63) is 29.3 Å². The van der Waals surface area contributed by atoms with Gasteiger partial charge in [-0.05, 0) is 51.1 Å². The largest absolute Gasteiger partial charge is 0.493 e. The molecule has 0 saturated carbocycles. The molecule has 1 unspecified atom stereocenters. The number of likely N-dealkylation sites (N-methyl/N-ethyl adjacent to an activating group) is 1. The van der Waals surface area contributed by atoms with Gasteiger partial charge in [0.05, 0.1) is 6.61 Å². The van der Waals surface area contributed by atoms with Crippen molar-refractivity contribution in [3.63, 3.8) is 0 Å².